The molecule has 0 saturated carbocycles. The smallest absolute Gasteiger partial charge is 0.185 e. The van der Waals surface area contributed by atoms with E-state index in [4.69, 9.17) is 0 Å². The molecule has 96 valence electrons. The molecule has 1 N–H and O–H groups in total. The molecule has 3 nitrogen and oxygen atoms in total. The van der Waals surface area contributed by atoms with Gasteiger partial charge in [0.1, 0.15) is 5.69 Å². The lowest BCUT2D eigenvalue weighted by Gasteiger charge is -2.10. The van der Waals surface area contributed by atoms with Crippen LogP contribution in [0.1, 0.15) is 5.69 Å². The van der Waals surface area contributed by atoms with E-state index in [1.165, 1.54) is 12.5 Å². The van der Waals surface area contributed by atoms with E-state index in [-0.39, 0.29) is 12.6 Å². The Balaban J connectivity index is 2.27. The number of aromatic nitrogens is 2. The topological polar surface area (TPSA) is 29.9 Å². The Bertz CT molecular complexity index is 554. The molecule has 1 aromatic heterocycles. The maximum absolute atomic E-state index is 13.3. The number of rotatable bonds is 3. The van der Waals surface area contributed by atoms with Crippen LogP contribution in [0.4, 0.5) is 23.2 Å². The SMILES string of the molecule is Cn1cncc1CNc1c(F)c(F)cc(F)c1F. The van der Waals surface area contributed by atoms with Crippen LogP contribution in [0.15, 0.2) is 18.6 Å². The van der Waals surface area contributed by atoms with Crippen LogP contribution in [0.3, 0.4) is 0 Å². The van der Waals surface area contributed by atoms with Gasteiger partial charge in [0.15, 0.2) is 23.3 Å². The van der Waals surface area contributed by atoms with Gasteiger partial charge in [0.2, 0.25) is 0 Å². The summed E-state index contributed by atoms with van der Waals surface area (Å²) in [5.74, 6) is -5.78. The van der Waals surface area contributed by atoms with Gasteiger partial charge in [0.05, 0.1) is 18.6 Å². The summed E-state index contributed by atoms with van der Waals surface area (Å²) in [7, 11) is 1.68. The van der Waals surface area contributed by atoms with Crippen molar-refractivity contribution in [2.75, 3.05) is 5.32 Å². The number of aryl methyl sites for hydroxylation is 1. The molecule has 2 rings (SSSR count). The van der Waals surface area contributed by atoms with E-state index in [2.05, 4.69) is 10.3 Å². The molecule has 0 aliphatic carbocycles. The lowest BCUT2D eigenvalue weighted by Crippen LogP contribution is -2.09. The van der Waals surface area contributed by atoms with Gasteiger partial charge in [0.25, 0.3) is 0 Å². The van der Waals surface area contributed by atoms with Crippen molar-refractivity contribution in [1.82, 2.24) is 9.55 Å². The van der Waals surface area contributed by atoms with E-state index < -0.39 is 29.0 Å². The maximum atomic E-state index is 13.3. The second kappa shape index (κ2) is 4.67. The average molecular weight is 259 g/mol. The Morgan fingerprint density at radius 1 is 1.17 bits per heavy atom. The second-order valence-corrected chi connectivity index (χ2v) is 3.69. The zero-order valence-electron chi connectivity index (χ0n) is 9.35. The lowest BCUT2D eigenvalue weighted by atomic mass is 10.2. The van der Waals surface area contributed by atoms with E-state index in [1.54, 1.807) is 11.6 Å². The standard InChI is InChI=1S/C11H9F4N3/c1-18-5-16-3-6(18)4-17-11-9(14)7(12)2-8(13)10(11)15/h2-3,5,17H,4H2,1H3. The Hall–Kier alpha value is -2.05. The Labute approximate surface area is 100 Å². The second-order valence-electron chi connectivity index (χ2n) is 3.69. The molecular weight excluding hydrogens is 250 g/mol. The summed E-state index contributed by atoms with van der Waals surface area (Å²) in [6.07, 6.45) is 2.97. The van der Waals surface area contributed by atoms with Crippen LogP contribution in [0.5, 0.6) is 0 Å². The molecule has 1 heterocycles. The Morgan fingerprint density at radius 3 is 2.28 bits per heavy atom. The van der Waals surface area contributed by atoms with Crippen molar-refractivity contribution in [3.05, 3.63) is 47.6 Å². The number of hydrogen-bond acceptors (Lipinski definition) is 2. The fourth-order valence-corrected chi connectivity index (χ4v) is 1.46. The van der Waals surface area contributed by atoms with E-state index in [1.807, 2.05) is 0 Å². The summed E-state index contributed by atoms with van der Waals surface area (Å²) >= 11 is 0. The van der Waals surface area contributed by atoms with Crippen molar-refractivity contribution in [2.24, 2.45) is 7.05 Å². The van der Waals surface area contributed by atoms with Crippen LogP contribution in [0, 0.1) is 23.3 Å². The summed E-state index contributed by atoms with van der Waals surface area (Å²) in [6, 6.07) is 0.167. The number of halogens is 4. The van der Waals surface area contributed by atoms with Crippen molar-refractivity contribution in [3.8, 4) is 0 Å². The third kappa shape index (κ3) is 2.15. The number of nitrogens with zero attached hydrogens (tertiary/aromatic N) is 2. The molecule has 0 saturated heterocycles. The Kier molecular flexibility index (Phi) is 3.22. The molecule has 0 fully saturated rings. The van der Waals surface area contributed by atoms with Gasteiger partial charge in [-0.1, -0.05) is 0 Å². The molecule has 7 heteroatoms. The van der Waals surface area contributed by atoms with Gasteiger partial charge in [-0.05, 0) is 0 Å². The minimum atomic E-state index is -1.45. The van der Waals surface area contributed by atoms with Crippen LogP contribution >= 0.6 is 0 Å². The van der Waals surface area contributed by atoms with Gasteiger partial charge in [0, 0.05) is 19.3 Å². The van der Waals surface area contributed by atoms with E-state index in [0.717, 1.165) is 0 Å². The van der Waals surface area contributed by atoms with E-state index >= 15 is 0 Å². The van der Waals surface area contributed by atoms with Crippen molar-refractivity contribution in [2.45, 2.75) is 6.54 Å². The normalized spacial score (nSPS) is 10.7. The minimum absolute atomic E-state index is 0.00671. The van der Waals surface area contributed by atoms with Gasteiger partial charge >= 0.3 is 0 Å². The lowest BCUT2D eigenvalue weighted by molar-refractivity contribution is 0.458. The van der Waals surface area contributed by atoms with Crippen LogP contribution in [0.25, 0.3) is 0 Å². The molecule has 0 bridgehead atoms. The van der Waals surface area contributed by atoms with Crippen LogP contribution in [-0.2, 0) is 13.6 Å². The van der Waals surface area contributed by atoms with Crippen molar-refractivity contribution in [1.29, 1.82) is 0 Å². The third-order valence-corrected chi connectivity index (χ3v) is 2.47. The number of hydrogen-bond donors (Lipinski definition) is 1. The zero-order valence-corrected chi connectivity index (χ0v) is 9.35. The average Bonchev–Trinajstić information content (AvgIpc) is 2.73. The minimum Gasteiger partial charge on any atom is -0.374 e. The summed E-state index contributed by atoms with van der Waals surface area (Å²) < 4.78 is 54.1. The first-order chi connectivity index (χ1) is 8.50. The highest BCUT2D eigenvalue weighted by atomic mass is 19.2. The van der Waals surface area contributed by atoms with Gasteiger partial charge in [-0.15, -0.1) is 0 Å². The van der Waals surface area contributed by atoms with Crippen LogP contribution < -0.4 is 5.32 Å². The van der Waals surface area contributed by atoms with Gasteiger partial charge in [-0.2, -0.15) is 0 Å². The fourth-order valence-electron chi connectivity index (χ4n) is 1.46. The molecule has 0 atom stereocenters. The summed E-state index contributed by atoms with van der Waals surface area (Å²) in [6.45, 7) is -0.00671. The quantitative estimate of drug-likeness (QED) is 0.678. The van der Waals surface area contributed by atoms with Crippen molar-refractivity contribution >= 4 is 5.69 Å². The maximum Gasteiger partial charge on any atom is 0.185 e. The van der Waals surface area contributed by atoms with Gasteiger partial charge < -0.3 is 9.88 Å². The number of anilines is 1. The van der Waals surface area contributed by atoms with Crippen LogP contribution in [0.2, 0.25) is 0 Å². The predicted molar refractivity (Wildman–Crippen MR) is 56.8 cm³/mol. The molecule has 2 aromatic rings. The molecule has 0 aliphatic rings. The molecule has 0 aliphatic heterocycles. The summed E-state index contributed by atoms with van der Waals surface area (Å²) in [5, 5.41) is 2.32. The van der Waals surface area contributed by atoms with Crippen molar-refractivity contribution < 1.29 is 17.6 Å². The number of imidazole rings is 1. The van der Waals surface area contributed by atoms with E-state index in [0.29, 0.717) is 5.69 Å². The molecule has 18 heavy (non-hydrogen) atoms. The van der Waals surface area contributed by atoms with Gasteiger partial charge in [-0.25, -0.2) is 22.5 Å². The number of benzene rings is 1. The fraction of sp³-hybridized carbons (Fsp3) is 0.182. The highest BCUT2D eigenvalue weighted by molar-refractivity contribution is 5.47. The van der Waals surface area contributed by atoms with Crippen molar-refractivity contribution in [3.63, 3.8) is 0 Å². The first-order valence-electron chi connectivity index (χ1n) is 5.02. The highest BCUT2D eigenvalue weighted by Crippen LogP contribution is 2.24. The van der Waals surface area contributed by atoms with Gasteiger partial charge in [-0.3, -0.25) is 0 Å². The largest absolute Gasteiger partial charge is 0.374 e. The predicted octanol–water partition coefficient (Wildman–Crippen LogP) is 2.59. The molecule has 0 amide bonds. The Morgan fingerprint density at radius 2 is 1.78 bits per heavy atom. The first kappa shape index (κ1) is 12.4. The zero-order chi connectivity index (χ0) is 13.3. The van der Waals surface area contributed by atoms with Crippen LogP contribution in [-0.4, -0.2) is 9.55 Å². The third-order valence-electron chi connectivity index (χ3n) is 2.47. The monoisotopic (exact) mass is 259 g/mol. The molecule has 0 unspecified atom stereocenters. The van der Waals surface area contributed by atoms with E-state index in [9.17, 15) is 17.6 Å². The first-order valence-corrected chi connectivity index (χ1v) is 5.02. The summed E-state index contributed by atoms with van der Waals surface area (Å²) in [5.41, 5.74) is -0.216. The molecule has 0 spiro atoms. The summed E-state index contributed by atoms with van der Waals surface area (Å²) in [4.78, 5) is 3.80. The molecular formula is C11H9F4N3. The molecule has 0 radical (unpaired) electrons. The highest BCUT2D eigenvalue weighted by Gasteiger charge is 2.18. The number of nitrogens with one attached hydrogen (secondary N) is 1. The molecule has 1 aromatic carbocycles.